The van der Waals surface area contributed by atoms with Crippen molar-refractivity contribution in [3.8, 4) is 0 Å². The van der Waals surface area contributed by atoms with Crippen LogP contribution in [0.3, 0.4) is 0 Å². The lowest BCUT2D eigenvalue weighted by Gasteiger charge is -2.15. The van der Waals surface area contributed by atoms with Crippen LogP contribution >= 0.6 is 0 Å². The number of nitrogens with one attached hydrogen (secondary N) is 1. The highest BCUT2D eigenvalue weighted by molar-refractivity contribution is 5.50. The average Bonchev–Trinajstić information content (AvgIpc) is 2.28. The molecule has 1 atom stereocenters. The van der Waals surface area contributed by atoms with Gasteiger partial charge in [0, 0.05) is 20.8 Å². The van der Waals surface area contributed by atoms with Crippen molar-refractivity contribution in [2.75, 3.05) is 38.4 Å². The fourth-order valence-corrected chi connectivity index (χ4v) is 1.28. The van der Waals surface area contributed by atoms with Gasteiger partial charge in [-0.15, -0.1) is 0 Å². The molecule has 0 fully saturated rings. The van der Waals surface area contributed by atoms with Crippen LogP contribution in [0.15, 0.2) is 12.3 Å². The zero-order valence-electron chi connectivity index (χ0n) is 9.99. The Bertz CT molecular complexity index is 331. The van der Waals surface area contributed by atoms with Gasteiger partial charge in [-0.25, -0.2) is 4.98 Å². The van der Waals surface area contributed by atoms with Crippen molar-refractivity contribution in [3.63, 3.8) is 0 Å². The third-order valence-corrected chi connectivity index (χ3v) is 2.35. The van der Waals surface area contributed by atoms with E-state index in [9.17, 15) is 0 Å². The second-order valence-electron chi connectivity index (χ2n) is 3.62. The zero-order valence-corrected chi connectivity index (χ0v) is 9.99. The van der Waals surface area contributed by atoms with E-state index in [4.69, 9.17) is 15.2 Å². The Hall–Kier alpha value is -1.33. The molecule has 3 N–H and O–H groups in total. The van der Waals surface area contributed by atoms with Gasteiger partial charge >= 0.3 is 0 Å². The van der Waals surface area contributed by atoms with Crippen LogP contribution in [-0.4, -0.2) is 38.5 Å². The van der Waals surface area contributed by atoms with Crippen LogP contribution in [0, 0.1) is 6.92 Å². The number of aryl methyl sites for hydroxylation is 1. The number of nitrogens with zero attached hydrogens (tertiary/aromatic N) is 1. The van der Waals surface area contributed by atoms with Gasteiger partial charge in [-0.3, -0.25) is 0 Å². The van der Waals surface area contributed by atoms with Crippen molar-refractivity contribution in [3.05, 3.63) is 17.8 Å². The summed E-state index contributed by atoms with van der Waals surface area (Å²) < 4.78 is 10.2. The number of ether oxygens (including phenoxy) is 2. The first kappa shape index (κ1) is 12.7. The second kappa shape index (κ2) is 6.30. The molecule has 5 nitrogen and oxygen atoms in total. The van der Waals surface area contributed by atoms with E-state index in [1.165, 1.54) is 0 Å². The molecule has 0 radical (unpaired) electrons. The van der Waals surface area contributed by atoms with E-state index in [0.29, 0.717) is 18.8 Å². The lowest BCUT2D eigenvalue weighted by Crippen LogP contribution is -2.26. The lowest BCUT2D eigenvalue weighted by molar-refractivity contribution is 0.0365. The normalized spacial score (nSPS) is 12.4. The number of anilines is 2. The van der Waals surface area contributed by atoms with Gasteiger partial charge < -0.3 is 20.5 Å². The second-order valence-corrected chi connectivity index (χ2v) is 3.62. The maximum Gasteiger partial charge on any atom is 0.126 e. The summed E-state index contributed by atoms with van der Waals surface area (Å²) in [5, 5.41) is 3.18. The minimum Gasteiger partial charge on any atom is -0.397 e. The summed E-state index contributed by atoms with van der Waals surface area (Å²) in [4.78, 5) is 4.17. The SMILES string of the molecule is COCC(CNc1cc(C)c(N)cn1)OC. The molecule has 0 aliphatic heterocycles. The summed E-state index contributed by atoms with van der Waals surface area (Å²) in [6, 6.07) is 1.91. The highest BCUT2D eigenvalue weighted by Gasteiger charge is 2.06. The molecule has 0 aromatic carbocycles. The molecule has 1 aromatic heterocycles. The van der Waals surface area contributed by atoms with Gasteiger partial charge in [-0.1, -0.05) is 0 Å². The first-order chi connectivity index (χ1) is 7.67. The lowest BCUT2D eigenvalue weighted by atomic mass is 10.2. The van der Waals surface area contributed by atoms with E-state index in [2.05, 4.69) is 10.3 Å². The van der Waals surface area contributed by atoms with Crippen LogP contribution in [0.25, 0.3) is 0 Å². The standard InChI is InChI=1S/C11H19N3O2/c1-8-4-11(14-6-10(8)12)13-5-9(16-3)7-15-2/h4,6,9H,5,7,12H2,1-3H3,(H,13,14). The monoisotopic (exact) mass is 225 g/mol. The van der Waals surface area contributed by atoms with Gasteiger partial charge in [0.2, 0.25) is 0 Å². The van der Waals surface area contributed by atoms with Crippen LogP contribution < -0.4 is 11.1 Å². The van der Waals surface area contributed by atoms with Gasteiger partial charge in [0.1, 0.15) is 5.82 Å². The highest BCUT2D eigenvalue weighted by atomic mass is 16.5. The van der Waals surface area contributed by atoms with E-state index in [1.807, 2.05) is 13.0 Å². The van der Waals surface area contributed by atoms with E-state index in [1.54, 1.807) is 20.4 Å². The molecule has 0 saturated heterocycles. The van der Waals surface area contributed by atoms with Gasteiger partial charge in [-0.05, 0) is 18.6 Å². The molecule has 0 spiro atoms. The van der Waals surface area contributed by atoms with E-state index < -0.39 is 0 Å². The van der Waals surface area contributed by atoms with Crippen molar-refractivity contribution in [2.24, 2.45) is 0 Å². The Labute approximate surface area is 96.0 Å². The zero-order chi connectivity index (χ0) is 12.0. The number of hydrogen-bond acceptors (Lipinski definition) is 5. The van der Waals surface area contributed by atoms with Gasteiger partial charge in [0.15, 0.2) is 0 Å². The molecule has 0 aliphatic rings. The van der Waals surface area contributed by atoms with E-state index in [0.717, 1.165) is 11.4 Å². The molecule has 16 heavy (non-hydrogen) atoms. The smallest absolute Gasteiger partial charge is 0.126 e. The minimum absolute atomic E-state index is 0.0182. The molecule has 1 heterocycles. The molecule has 5 heteroatoms. The summed E-state index contributed by atoms with van der Waals surface area (Å²) in [6.07, 6.45) is 1.67. The van der Waals surface area contributed by atoms with E-state index >= 15 is 0 Å². The van der Waals surface area contributed by atoms with Crippen molar-refractivity contribution < 1.29 is 9.47 Å². The van der Waals surface area contributed by atoms with Crippen LogP contribution in [0.4, 0.5) is 11.5 Å². The predicted molar refractivity (Wildman–Crippen MR) is 64.5 cm³/mol. The number of hydrogen-bond donors (Lipinski definition) is 2. The minimum atomic E-state index is 0.0182. The Balaban J connectivity index is 2.50. The van der Waals surface area contributed by atoms with Crippen molar-refractivity contribution in [1.82, 2.24) is 4.98 Å². The number of rotatable bonds is 6. The Morgan fingerprint density at radius 2 is 2.25 bits per heavy atom. The summed E-state index contributed by atoms with van der Waals surface area (Å²) in [7, 11) is 3.31. The topological polar surface area (TPSA) is 69.4 Å². The third-order valence-electron chi connectivity index (χ3n) is 2.35. The maximum absolute atomic E-state index is 5.68. The highest BCUT2D eigenvalue weighted by Crippen LogP contribution is 2.12. The summed E-state index contributed by atoms with van der Waals surface area (Å²) in [5.41, 5.74) is 7.40. The number of pyridine rings is 1. The number of methoxy groups -OCH3 is 2. The molecular formula is C11H19N3O2. The fourth-order valence-electron chi connectivity index (χ4n) is 1.28. The van der Waals surface area contributed by atoms with Gasteiger partial charge in [0.05, 0.1) is 24.6 Å². The van der Waals surface area contributed by atoms with E-state index in [-0.39, 0.29) is 6.10 Å². The summed E-state index contributed by atoms with van der Waals surface area (Å²) >= 11 is 0. The van der Waals surface area contributed by atoms with Gasteiger partial charge in [0.25, 0.3) is 0 Å². The number of nitrogens with two attached hydrogens (primary N) is 1. The molecule has 0 amide bonds. The molecule has 1 rings (SSSR count). The molecule has 1 unspecified atom stereocenters. The van der Waals surface area contributed by atoms with Crippen LogP contribution in [0.2, 0.25) is 0 Å². The third kappa shape index (κ3) is 3.67. The summed E-state index contributed by atoms with van der Waals surface area (Å²) in [5.74, 6) is 0.796. The maximum atomic E-state index is 5.68. The molecule has 0 saturated carbocycles. The fraction of sp³-hybridized carbons (Fsp3) is 0.545. The number of aromatic nitrogens is 1. The number of nitrogen functional groups attached to an aromatic ring is 1. The molecule has 1 aromatic rings. The Morgan fingerprint density at radius 1 is 1.50 bits per heavy atom. The quantitative estimate of drug-likeness (QED) is 0.757. The van der Waals surface area contributed by atoms with Crippen LogP contribution in [0.1, 0.15) is 5.56 Å². The Kier molecular flexibility index (Phi) is 5.01. The Morgan fingerprint density at radius 3 is 2.81 bits per heavy atom. The molecule has 0 bridgehead atoms. The van der Waals surface area contributed by atoms with Crippen LogP contribution in [-0.2, 0) is 9.47 Å². The van der Waals surface area contributed by atoms with Crippen molar-refractivity contribution in [1.29, 1.82) is 0 Å². The van der Waals surface area contributed by atoms with Crippen molar-refractivity contribution >= 4 is 11.5 Å². The molecular weight excluding hydrogens is 206 g/mol. The average molecular weight is 225 g/mol. The molecule has 90 valence electrons. The van der Waals surface area contributed by atoms with Crippen molar-refractivity contribution in [2.45, 2.75) is 13.0 Å². The predicted octanol–water partition coefficient (Wildman–Crippen LogP) is 1.05. The first-order valence-electron chi connectivity index (χ1n) is 5.15. The van der Waals surface area contributed by atoms with Gasteiger partial charge in [-0.2, -0.15) is 0 Å². The first-order valence-corrected chi connectivity index (χ1v) is 5.15. The van der Waals surface area contributed by atoms with Crippen LogP contribution in [0.5, 0.6) is 0 Å². The summed E-state index contributed by atoms with van der Waals surface area (Å²) in [6.45, 7) is 3.16. The largest absolute Gasteiger partial charge is 0.397 e. The molecule has 0 aliphatic carbocycles.